The standard InChI is InChI=1S/C18H27N7O/c19-18(4-6-25-7-9-26-10-8-25)3-1-15(12-22-18)23-17-21-11-14-2-5-20-13-16(14)24-17/h1,3,11-12,20,22H,2,4-10,13,19H2,(H,21,23,24). The summed E-state index contributed by atoms with van der Waals surface area (Å²) in [6.45, 7) is 6.32. The van der Waals surface area contributed by atoms with Crippen LogP contribution in [0.5, 0.6) is 0 Å². The van der Waals surface area contributed by atoms with Gasteiger partial charge >= 0.3 is 0 Å². The Morgan fingerprint density at radius 3 is 3.04 bits per heavy atom. The molecule has 1 saturated heterocycles. The SMILES string of the molecule is NC1(CCN2CCOCC2)C=CC(Nc2ncc3c(n2)CNCC3)=CN1. The Bertz CT molecular complexity index is 699. The zero-order valence-corrected chi connectivity index (χ0v) is 15.0. The molecule has 0 aliphatic carbocycles. The minimum Gasteiger partial charge on any atom is -0.379 e. The van der Waals surface area contributed by atoms with Crippen molar-refractivity contribution in [1.29, 1.82) is 0 Å². The van der Waals surface area contributed by atoms with E-state index in [1.54, 1.807) is 0 Å². The molecule has 0 bridgehead atoms. The number of rotatable bonds is 5. The molecule has 1 unspecified atom stereocenters. The lowest BCUT2D eigenvalue weighted by molar-refractivity contribution is 0.0350. The van der Waals surface area contributed by atoms with Gasteiger partial charge < -0.3 is 26.4 Å². The lowest BCUT2D eigenvalue weighted by Crippen LogP contribution is -2.53. The topological polar surface area (TPSA) is 100 Å². The number of hydrogen-bond donors (Lipinski definition) is 4. The summed E-state index contributed by atoms with van der Waals surface area (Å²) in [4.78, 5) is 11.4. The van der Waals surface area contributed by atoms with E-state index in [1.165, 1.54) is 5.56 Å². The van der Waals surface area contributed by atoms with Crippen LogP contribution in [0.15, 0.2) is 30.2 Å². The highest BCUT2D eigenvalue weighted by Crippen LogP contribution is 2.17. The molecule has 0 radical (unpaired) electrons. The fourth-order valence-corrected chi connectivity index (χ4v) is 3.37. The summed E-state index contributed by atoms with van der Waals surface area (Å²) < 4.78 is 5.39. The summed E-state index contributed by atoms with van der Waals surface area (Å²) in [7, 11) is 0. The second-order valence-corrected chi connectivity index (χ2v) is 7.04. The predicted molar refractivity (Wildman–Crippen MR) is 100 cm³/mol. The van der Waals surface area contributed by atoms with Crippen molar-refractivity contribution in [1.82, 2.24) is 25.5 Å². The molecule has 1 aromatic rings. The van der Waals surface area contributed by atoms with Gasteiger partial charge in [-0.25, -0.2) is 9.97 Å². The van der Waals surface area contributed by atoms with Gasteiger partial charge in [-0.1, -0.05) is 0 Å². The molecule has 1 atom stereocenters. The first-order valence-electron chi connectivity index (χ1n) is 9.29. The van der Waals surface area contributed by atoms with E-state index in [9.17, 15) is 0 Å². The third-order valence-corrected chi connectivity index (χ3v) is 5.08. The van der Waals surface area contributed by atoms with Crippen molar-refractivity contribution in [3.05, 3.63) is 41.5 Å². The number of anilines is 1. The molecular formula is C18H27N7O. The second-order valence-electron chi connectivity index (χ2n) is 7.04. The molecule has 140 valence electrons. The van der Waals surface area contributed by atoms with Gasteiger partial charge in [0.1, 0.15) is 5.66 Å². The Hall–Kier alpha value is -2.00. The molecule has 8 heteroatoms. The average molecular weight is 357 g/mol. The number of nitrogens with one attached hydrogen (secondary N) is 3. The Morgan fingerprint density at radius 1 is 1.35 bits per heavy atom. The summed E-state index contributed by atoms with van der Waals surface area (Å²) in [6, 6.07) is 0. The van der Waals surface area contributed by atoms with Crippen LogP contribution >= 0.6 is 0 Å². The first kappa shape index (κ1) is 17.4. The van der Waals surface area contributed by atoms with Crippen LogP contribution in [0.1, 0.15) is 17.7 Å². The van der Waals surface area contributed by atoms with Crippen molar-refractivity contribution < 1.29 is 4.74 Å². The van der Waals surface area contributed by atoms with Gasteiger partial charge in [-0.2, -0.15) is 0 Å². The molecule has 4 rings (SSSR count). The van der Waals surface area contributed by atoms with Crippen LogP contribution < -0.4 is 21.7 Å². The number of dihydropyridines is 1. The van der Waals surface area contributed by atoms with Crippen molar-refractivity contribution >= 4 is 5.95 Å². The highest BCUT2D eigenvalue weighted by atomic mass is 16.5. The fourth-order valence-electron chi connectivity index (χ4n) is 3.37. The normalized spacial score (nSPS) is 26.0. The average Bonchev–Trinajstić information content (AvgIpc) is 2.69. The number of nitrogens with zero attached hydrogens (tertiary/aromatic N) is 3. The van der Waals surface area contributed by atoms with E-state index in [-0.39, 0.29) is 0 Å². The molecule has 5 N–H and O–H groups in total. The van der Waals surface area contributed by atoms with Crippen LogP contribution in [-0.4, -0.2) is 59.9 Å². The van der Waals surface area contributed by atoms with Crippen molar-refractivity contribution in [2.24, 2.45) is 5.73 Å². The van der Waals surface area contributed by atoms with Gasteiger partial charge in [0.2, 0.25) is 5.95 Å². The van der Waals surface area contributed by atoms with Crippen molar-refractivity contribution in [3.8, 4) is 0 Å². The third-order valence-electron chi connectivity index (χ3n) is 5.08. The molecule has 26 heavy (non-hydrogen) atoms. The van der Waals surface area contributed by atoms with Gasteiger partial charge in [0, 0.05) is 45.0 Å². The van der Waals surface area contributed by atoms with Crippen LogP contribution in [0, 0.1) is 0 Å². The minimum atomic E-state index is -0.524. The molecule has 3 aliphatic rings. The van der Waals surface area contributed by atoms with E-state index in [4.69, 9.17) is 10.5 Å². The Morgan fingerprint density at radius 2 is 2.23 bits per heavy atom. The zero-order valence-electron chi connectivity index (χ0n) is 15.0. The largest absolute Gasteiger partial charge is 0.379 e. The molecule has 8 nitrogen and oxygen atoms in total. The number of fused-ring (bicyclic) bond motifs is 1. The molecule has 1 aromatic heterocycles. The van der Waals surface area contributed by atoms with E-state index in [0.29, 0.717) is 5.95 Å². The zero-order chi connectivity index (χ0) is 17.8. The lowest BCUT2D eigenvalue weighted by Gasteiger charge is -2.34. The molecule has 1 fully saturated rings. The number of nitrogens with two attached hydrogens (primary N) is 1. The van der Waals surface area contributed by atoms with Crippen LogP contribution in [0.2, 0.25) is 0 Å². The smallest absolute Gasteiger partial charge is 0.227 e. The maximum absolute atomic E-state index is 6.46. The van der Waals surface area contributed by atoms with Crippen LogP contribution in [0.4, 0.5) is 5.95 Å². The fraction of sp³-hybridized carbons (Fsp3) is 0.556. The predicted octanol–water partition coefficient (Wildman–Crippen LogP) is -0.0877. The van der Waals surface area contributed by atoms with Crippen LogP contribution in [0.3, 0.4) is 0 Å². The molecule has 3 aliphatic heterocycles. The number of morpholine rings is 1. The Labute approximate surface area is 153 Å². The summed E-state index contributed by atoms with van der Waals surface area (Å²) in [6.07, 6.45) is 9.65. The van der Waals surface area contributed by atoms with Crippen molar-refractivity contribution in [3.63, 3.8) is 0 Å². The Balaban J connectivity index is 1.32. The lowest BCUT2D eigenvalue weighted by atomic mass is 10.0. The highest BCUT2D eigenvalue weighted by molar-refractivity contribution is 5.43. The minimum absolute atomic E-state index is 0.524. The third kappa shape index (κ3) is 4.21. The van der Waals surface area contributed by atoms with Gasteiger partial charge in [0.25, 0.3) is 0 Å². The van der Waals surface area contributed by atoms with E-state index < -0.39 is 5.66 Å². The summed E-state index contributed by atoms with van der Waals surface area (Å²) in [5.41, 5.74) is 9.13. The van der Waals surface area contributed by atoms with Gasteiger partial charge in [-0.05, 0) is 30.7 Å². The van der Waals surface area contributed by atoms with Crippen LogP contribution in [-0.2, 0) is 17.7 Å². The first-order valence-corrected chi connectivity index (χ1v) is 9.29. The summed E-state index contributed by atoms with van der Waals surface area (Å²) >= 11 is 0. The molecule has 0 amide bonds. The Kier molecular flexibility index (Phi) is 5.16. The maximum atomic E-state index is 6.46. The van der Waals surface area contributed by atoms with Crippen molar-refractivity contribution in [2.45, 2.75) is 25.0 Å². The number of allylic oxidation sites excluding steroid dienone is 1. The van der Waals surface area contributed by atoms with Gasteiger partial charge in [-0.15, -0.1) is 0 Å². The first-order chi connectivity index (χ1) is 12.7. The molecule has 0 aromatic carbocycles. The summed E-state index contributed by atoms with van der Waals surface area (Å²) in [5, 5.41) is 9.90. The van der Waals surface area contributed by atoms with Gasteiger partial charge in [0.15, 0.2) is 0 Å². The number of ether oxygens (including phenoxy) is 1. The van der Waals surface area contributed by atoms with E-state index >= 15 is 0 Å². The van der Waals surface area contributed by atoms with Gasteiger partial charge in [0.05, 0.1) is 24.6 Å². The maximum Gasteiger partial charge on any atom is 0.227 e. The molecule has 4 heterocycles. The number of aromatic nitrogens is 2. The number of hydrogen-bond acceptors (Lipinski definition) is 8. The summed E-state index contributed by atoms with van der Waals surface area (Å²) in [5.74, 6) is 0.614. The monoisotopic (exact) mass is 357 g/mol. The van der Waals surface area contributed by atoms with E-state index in [0.717, 1.165) is 70.2 Å². The van der Waals surface area contributed by atoms with E-state index in [2.05, 4.69) is 30.8 Å². The van der Waals surface area contributed by atoms with Crippen molar-refractivity contribution in [2.75, 3.05) is 44.7 Å². The van der Waals surface area contributed by atoms with E-state index in [1.807, 2.05) is 24.5 Å². The second kappa shape index (κ2) is 7.71. The highest BCUT2D eigenvalue weighted by Gasteiger charge is 2.24. The molecular weight excluding hydrogens is 330 g/mol. The van der Waals surface area contributed by atoms with Gasteiger partial charge in [-0.3, -0.25) is 4.90 Å². The van der Waals surface area contributed by atoms with Crippen LogP contribution in [0.25, 0.3) is 0 Å². The molecule has 0 saturated carbocycles. The molecule has 0 spiro atoms. The quantitative estimate of drug-likeness (QED) is 0.580.